The quantitative estimate of drug-likeness (QED) is 0.131. The van der Waals surface area contributed by atoms with Gasteiger partial charge in [-0.1, -0.05) is 85.6 Å². The van der Waals surface area contributed by atoms with Crippen molar-refractivity contribution < 1.29 is 14.2 Å². The summed E-state index contributed by atoms with van der Waals surface area (Å²) in [6.45, 7) is 8.98. The number of aromatic nitrogens is 2. The maximum absolute atomic E-state index is 6.79. The summed E-state index contributed by atoms with van der Waals surface area (Å²) in [5.41, 5.74) is 6.54. The van der Waals surface area contributed by atoms with Crippen LogP contribution in [0.4, 0.5) is 0 Å². The lowest BCUT2D eigenvalue weighted by atomic mass is 10.1. The predicted molar refractivity (Wildman–Crippen MR) is 181 cm³/mol. The average Bonchev–Trinajstić information content (AvgIpc) is 3.42. The second-order valence-electron chi connectivity index (χ2n) is 11.3. The Labute approximate surface area is 271 Å². The highest BCUT2D eigenvalue weighted by Crippen LogP contribution is 2.35. The number of nitrogens with zero attached hydrogens (tertiary/aromatic N) is 3. The molecule has 0 unspecified atom stereocenters. The summed E-state index contributed by atoms with van der Waals surface area (Å²) in [5, 5.41) is 0.701. The molecule has 0 bridgehead atoms. The summed E-state index contributed by atoms with van der Waals surface area (Å²) in [7, 11) is 0. The van der Waals surface area contributed by atoms with Crippen LogP contribution in [0.2, 0.25) is 5.02 Å². The molecule has 45 heavy (non-hydrogen) atoms. The first-order valence-electron chi connectivity index (χ1n) is 15.8. The Morgan fingerprint density at radius 2 is 1.56 bits per heavy atom. The lowest BCUT2D eigenvalue weighted by Crippen LogP contribution is -2.25. The van der Waals surface area contributed by atoms with Crippen molar-refractivity contribution in [3.8, 4) is 39.9 Å². The summed E-state index contributed by atoms with van der Waals surface area (Å²) >= 11 is 6.79. The van der Waals surface area contributed by atoms with Crippen molar-refractivity contribution in [3.63, 3.8) is 0 Å². The third kappa shape index (κ3) is 7.35. The van der Waals surface area contributed by atoms with E-state index in [9.17, 15) is 0 Å². The molecule has 1 aromatic heterocycles. The number of halogens is 1. The van der Waals surface area contributed by atoms with Crippen LogP contribution in [-0.2, 0) is 26.2 Å². The smallest absolute Gasteiger partial charge is 0.161 e. The third-order valence-electron chi connectivity index (χ3n) is 7.97. The van der Waals surface area contributed by atoms with Crippen molar-refractivity contribution in [2.24, 2.45) is 0 Å². The molecule has 0 radical (unpaired) electrons. The van der Waals surface area contributed by atoms with E-state index in [1.165, 1.54) is 11.3 Å². The van der Waals surface area contributed by atoms with E-state index in [0.717, 1.165) is 71.4 Å². The van der Waals surface area contributed by atoms with Gasteiger partial charge in [0.15, 0.2) is 11.5 Å². The first-order chi connectivity index (χ1) is 22.1. The Morgan fingerprint density at radius 3 is 2.33 bits per heavy atom. The van der Waals surface area contributed by atoms with E-state index >= 15 is 0 Å². The largest absolute Gasteiger partial charge is 0.494 e. The van der Waals surface area contributed by atoms with Crippen molar-refractivity contribution in [1.29, 1.82) is 0 Å². The molecule has 0 saturated heterocycles. The SMILES string of the molecule is CCCCn1c(-c2ccccc2Cl)nc(-c2ccccc2)c1CN(Cc1cccc(OCC)c1)Cc1ccc2c(c1)OCCO2. The van der Waals surface area contributed by atoms with Gasteiger partial charge in [-0.05, 0) is 60.9 Å². The van der Waals surface area contributed by atoms with Gasteiger partial charge in [-0.15, -0.1) is 0 Å². The highest BCUT2D eigenvalue weighted by molar-refractivity contribution is 6.33. The molecule has 0 aliphatic carbocycles. The zero-order chi connectivity index (χ0) is 31.0. The van der Waals surface area contributed by atoms with Gasteiger partial charge in [-0.3, -0.25) is 4.90 Å². The first-order valence-corrected chi connectivity index (χ1v) is 16.2. The third-order valence-corrected chi connectivity index (χ3v) is 8.30. The van der Waals surface area contributed by atoms with Crippen molar-refractivity contribution in [3.05, 3.63) is 119 Å². The van der Waals surface area contributed by atoms with E-state index < -0.39 is 0 Å². The average molecular weight is 622 g/mol. The molecule has 0 amide bonds. The molecule has 0 atom stereocenters. The topological polar surface area (TPSA) is 48.8 Å². The fourth-order valence-corrected chi connectivity index (χ4v) is 6.08. The lowest BCUT2D eigenvalue weighted by Gasteiger charge is -2.26. The number of fused-ring (bicyclic) bond motifs is 1. The van der Waals surface area contributed by atoms with Crippen LogP contribution in [0.1, 0.15) is 43.5 Å². The van der Waals surface area contributed by atoms with E-state index in [1.54, 1.807) is 0 Å². The molecular weight excluding hydrogens is 582 g/mol. The van der Waals surface area contributed by atoms with E-state index in [2.05, 4.69) is 77.1 Å². The zero-order valence-corrected chi connectivity index (χ0v) is 26.8. The summed E-state index contributed by atoms with van der Waals surface area (Å²) in [5.74, 6) is 3.39. The van der Waals surface area contributed by atoms with Gasteiger partial charge in [-0.25, -0.2) is 4.98 Å². The Hall–Kier alpha value is -4.26. The zero-order valence-electron chi connectivity index (χ0n) is 26.0. The first kappa shape index (κ1) is 30.8. The molecule has 6 rings (SSSR count). The minimum Gasteiger partial charge on any atom is -0.494 e. The molecule has 6 nitrogen and oxygen atoms in total. The summed E-state index contributed by atoms with van der Waals surface area (Å²) in [6.07, 6.45) is 2.11. The van der Waals surface area contributed by atoms with Crippen molar-refractivity contribution in [1.82, 2.24) is 14.5 Å². The number of imidazole rings is 1. The number of hydrogen-bond acceptors (Lipinski definition) is 5. The molecule has 2 heterocycles. The molecule has 0 fully saturated rings. The molecular formula is C38H40ClN3O3. The normalized spacial score (nSPS) is 12.4. The molecule has 0 spiro atoms. The van der Waals surface area contributed by atoms with E-state index in [-0.39, 0.29) is 0 Å². The summed E-state index contributed by atoms with van der Waals surface area (Å²) in [4.78, 5) is 7.79. The molecule has 4 aromatic carbocycles. The van der Waals surface area contributed by atoms with E-state index in [4.69, 9.17) is 30.8 Å². The molecule has 7 heteroatoms. The van der Waals surface area contributed by atoms with Gasteiger partial charge < -0.3 is 18.8 Å². The molecule has 5 aromatic rings. The maximum Gasteiger partial charge on any atom is 0.161 e. The lowest BCUT2D eigenvalue weighted by molar-refractivity contribution is 0.170. The van der Waals surface area contributed by atoms with Crippen LogP contribution in [0.15, 0.2) is 97.1 Å². The Morgan fingerprint density at radius 1 is 0.800 bits per heavy atom. The van der Waals surface area contributed by atoms with Gasteiger partial charge in [0, 0.05) is 37.3 Å². The second kappa shape index (κ2) is 14.7. The molecule has 0 saturated carbocycles. The minimum absolute atomic E-state index is 0.562. The predicted octanol–water partition coefficient (Wildman–Crippen LogP) is 9.04. The molecule has 232 valence electrons. The Bertz CT molecular complexity index is 1720. The van der Waals surface area contributed by atoms with Gasteiger partial charge in [0.2, 0.25) is 0 Å². The van der Waals surface area contributed by atoms with E-state index in [0.29, 0.717) is 37.9 Å². The number of hydrogen-bond donors (Lipinski definition) is 0. The van der Waals surface area contributed by atoms with Crippen LogP contribution in [0, 0.1) is 0 Å². The maximum atomic E-state index is 6.79. The van der Waals surface area contributed by atoms with Crippen LogP contribution in [0.5, 0.6) is 17.2 Å². The van der Waals surface area contributed by atoms with E-state index in [1.807, 2.05) is 43.3 Å². The highest BCUT2D eigenvalue weighted by atomic mass is 35.5. The standard InChI is InChI=1S/C38H40ClN3O3/c1-3-5-20-42-34(37(30-13-7-6-8-14-30)40-38(42)32-16-9-10-17-33(32)39)27-41(25-28-12-11-15-31(23-28)43-4-2)26-29-18-19-35-36(24-29)45-22-21-44-35/h6-19,23-24H,3-5,20-22,25-27H2,1-2H3. The van der Waals surface area contributed by atoms with Gasteiger partial charge in [0.1, 0.15) is 24.8 Å². The number of ether oxygens (including phenoxy) is 3. The van der Waals surface area contributed by atoms with Crippen molar-refractivity contribution in [2.75, 3.05) is 19.8 Å². The van der Waals surface area contributed by atoms with Crippen LogP contribution < -0.4 is 14.2 Å². The van der Waals surface area contributed by atoms with Gasteiger partial charge >= 0.3 is 0 Å². The van der Waals surface area contributed by atoms with Crippen molar-refractivity contribution >= 4 is 11.6 Å². The minimum atomic E-state index is 0.562. The molecule has 0 N–H and O–H groups in total. The Kier molecular flexibility index (Phi) is 10.0. The molecule has 1 aliphatic rings. The number of rotatable bonds is 13. The monoisotopic (exact) mass is 621 g/mol. The van der Waals surface area contributed by atoms with Crippen LogP contribution >= 0.6 is 11.6 Å². The fraction of sp³-hybridized carbons (Fsp3) is 0.289. The van der Waals surface area contributed by atoms with Gasteiger partial charge in [-0.2, -0.15) is 0 Å². The van der Waals surface area contributed by atoms with Crippen LogP contribution in [0.3, 0.4) is 0 Å². The summed E-state index contributed by atoms with van der Waals surface area (Å²) < 4.78 is 20.0. The Balaban J connectivity index is 1.45. The van der Waals surface area contributed by atoms with Gasteiger partial charge in [0.05, 0.1) is 23.0 Å². The number of unbranched alkanes of at least 4 members (excludes halogenated alkanes) is 1. The highest BCUT2D eigenvalue weighted by Gasteiger charge is 2.24. The second-order valence-corrected chi connectivity index (χ2v) is 11.7. The fourth-order valence-electron chi connectivity index (χ4n) is 5.86. The number of benzene rings is 4. The van der Waals surface area contributed by atoms with Crippen molar-refractivity contribution in [2.45, 2.75) is 52.9 Å². The molecule has 1 aliphatic heterocycles. The van der Waals surface area contributed by atoms with Crippen LogP contribution in [-0.4, -0.2) is 34.3 Å². The van der Waals surface area contributed by atoms with Gasteiger partial charge in [0.25, 0.3) is 0 Å². The van der Waals surface area contributed by atoms with Crippen LogP contribution in [0.25, 0.3) is 22.6 Å². The summed E-state index contributed by atoms with van der Waals surface area (Å²) in [6, 6.07) is 33.1.